The van der Waals surface area contributed by atoms with Crippen molar-refractivity contribution in [1.29, 1.82) is 0 Å². The van der Waals surface area contributed by atoms with Crippen LogP contribution >= 0.6 is 0 Å². The molecule has 0 radical (unpaired) electrons. The predicted octanol–water partition coefficient (Wildman–Crippen LogP) is 5.21. The molecule has 2 aromatic rings. The van der Waals surface area contributed by atoms with E-state index >= 15 is 0 Å². The maximum Gasteiger partial charge on any atom is 0.410 e. The highest BCUT2D eigenvalue weighted by atomic mass is 16.6. The number of hydrogen-bond acceptors (Lipinski definition) is 5. The molecular formula is C31H41N3O5. The van der Waals surface area contributed by atoms with E-state index < -0.39 is 11.0 Å². The highest BCUT2D eigenvalue weighted by Crippen LogP contribution is 2.38. The molecule has 0 bridgehead atoms. The Morgan fingerprint density at radius 3 is 1.95 bits per heavy atom. The zero-order valence-electron chi connectivity index (χ0n) is 23.6. The zero-order chi connectivity index (χ0) is 28.0. The number of piperidine rings is 2. The monoisotopic (exact) mass is 535 g/mol. The van der Waals surface area contributed by atoms with Crippen LogP contribution in [0, 0.1) is 0 Å². The fraction of sp³-hybridized carbons (Fsp3) is 0.516. The summed E-state index contributed by atoms with van der Waals surface area (Å²) in [5, 5.41) is 0. The standard InChI is InChI=1S/C31H41N3O5/c1-30(2,3)39-29(37)33-19-15-26(16-20-33)32(4)27(35)31(25-13-9-6-10-14-25)17-21-34(22-18-31)28(36)38-23-24-11-7-5-8-12-24/h5-14,26H,15-23H2,1-4H3. The lowest BCUT2D eigenvalue weighted by atomic mass is 9.71. The van der Waals surface area contributed by atoms with Gasteiger partial charge in [-0.2, -0.15) is 0 Å². The first-order valence-corrected chi connectivity index (χ1v) is 13.9. The van der Waals surface area contributed by atoms with Crippen LogP contribution in [0.1, 0.15) is 57.6 Å². The highest BCUT2D eigenvalue weighted by molar-refractivity contribution is 5.89. The molecule has 4 rings (SSSR count). The fourth-order valence-electron chi connectivity index (χ4n) is 5.53. The molecular weight excluding hydrogens is 494 g/mol. The molecule has 0 aromatic heterocycles. The highest BCUT2D eigenvalue weighted by Gasteiger charge is 2.46. The largest absolute Gasteiger partial charge is 0.445 e. The number of likely N-dealkylation sites (tertiary alicyclic amines) is 2. The van der Waals surface area contributed by atoms with Gasteiger partial charge in [-0.1, -0.05) is 60.7 Å². The summed E-state index contributed by atoms with van der Waals surface area (Å²) in [6.45, 7) is 7.80. The number of likely N-dealkylation sites (N-methyl/N-ethyl adjacent to an activating group) is 1. The Kier molecular flexibility index (Phi) is 8.83. The molecule has 0 N–H and O–H groups in total. The third-order valence-corrected chi connectivity index (χ3v) is 7.80. The predicted molar refractivity (Wildman–Crippen MR) is 149 cm³/mol. The minimum atomic E-state index is -0.714. The molecule has 0 atom stereocenters. The van der Waals surface area contributed by atoms with E-state index in [4.69, 9.17) is 9.47 Å². The van der Waals surface area contributed by atoms with E-state index in [2.05, 4.69) is 0 Å². The van der Waals surface area contributed by atoms with Crippen LogP contribution in [0.2, 0.25) is 0 Å². The van der Waals surface area contributed by atoms with Crippen molar-refractivity contribution in [3.8, 4) is 0 Å². The molecule has 8 nitrogen and oxygen atoms in total. The van der Waals surface area contributed by atoms with Gasteiger partial charge >= 0.3 is 12.2 Å². The first-order chi connectivity index (χ1) is 18.6. The first-order valence-electron chi connectivity index (χ1n) is 13.9. The van der Waals surface area contributed by atoms with Crippen LogP contribution < -0.4 is 0 Å². The van der Waals surface area contributed by atoms with Crippen LogP contribution in [0.4, 0.5) is 9.59 Å². The Balaban J connectivity index is 1.40. The van der Waals surface area contributed by atoms with Crippen molar-refractivity contribution in [2.75, 3.05) is 33.2 Å². The third kappa shape index (κ3) is 6.91. The van der Waals surface area contributed by atoms with Gasteiger partial charge in [0.05, 0.1) is 5.41 Å². The van der Waals surface area contributed by atoms with E-state index in [1.807, 2.05) is 93.4 Å². The zero-order valence-corrected chi connectivity index (χ0v) is 23.6. The smallest absolute Gasteiger partial charge is 0.410 e. The average molecular weight is 536 g/mol. The van der Waals surface area contributed by atoms with Crippen molar-refractivity contribution in [2.45, 2.75) is 70.1 Å². The maximum absolute atomic E-state index is 14.2. The summed E-state index contributed by atoms with van der Waals surface area (Å²) in [4.78, 5) is 44.8. The SMILES string of the molecule is CN(C(=O)C1(c2ccccc2)CCN(C(=O)OCc2ccccc2)CC1)C1CCN(C(=O)OC(C)(C)C)CC1. The van der Waals surface area contributed by atoms with Gasteiger partial charge in [-0.3, -0.25) is 4.79 Å². The second kappa shape index (κ2) is 12.1. The minimum absolute atomic E-state index is 0.0330. The van der Waals surface area contributed by atoms with Gasteiger partial charge in [0.25, 0.3) is 0 Å². The fourth-order valence-corrected chi connectivity index (χ4v) is 5.53. The number of benzene rings is 2. The van der Waals surface area contributed by atoms with Crippen LogP contribution in [0.15, 0.2) is 60.7 Å². The molecule has 2 fully saturated rings. The molecule has 210 valence electrons. The quantitative estimate of drug-likeness (QED) is 0.525. The molecule has 0 saturated carbocycles. The summed E-state index contributed by atoms with van der Waals surface area (Å²) >= 11 is 0. The molecule has 0 unspecified atom stereocenters. The molecule has 2 aromatic carbocycles. The summed E-state index contributed by atoms with van der Waals surface area (Å²) in [6.07, 6.45) is 1.79. The van der Waals surface area contributed by atoms with Gasteiger partial charge < -0.3 is 24.2 Å². The van der Waals surface area contributed by atoms with Crippen molar-refractivity contribution in [2.24, 2.45) is 0 Å². The first kappa shape index (κ1) is 28.5. The van der Waals surface area contributed by atoms with Crippen molar-refractivity contribution in [3.63, 3.8) is 0 Å². The lowest BCUT2D eigenvalue weighted by Gasteiger charge is -2.45. The second-order valence-electron chi connectivity index (χ2n) is 11.6. The number of rotatable bonds is 5. The number of hydrogen-bond donors (Lipinski definition) is 0. The van der Waals surface area contributed by atoms with Crippen molar-refractivity contribution in [1.82, 2.24) is 14.7 Å². The number of nitrogens with zero attached hydrogens (tertiary/aromatic N) is 3. The van der Waals surface area contributed by atoms with Gasteiger partial charge in [-0.15, -0.1) is 0 Å². The van der Waals surface area contributed by atoms with Crippen LogP contribution in [-0.2, 0) is 26.3 Å². The Morgan fingerprint density at radius 1 is 0.846 bits per heavy atom. The second-order valence-corrected chi connectivity index (χ2v) is 11.6. The minimum Gasteiger partial charge on any atom is -0.445 e. The Labute approximate surface area is 231 Å². The molecule has 2 saturated heterocycles. The van der Waals surface area contributed by atoms with E-state index in [-0.39, 0.29) is 30.7 Å². The molecule has 0 aliphatic carbocycles. The Hall–Kier alpha value is -3.55. The number of amides is 3. The summed E-state index contributed by atoms with van der Waals surface area (Å²) in [7, 11) is 1.88. The van der Waals surface area contributed by atoms with Gasteiger partial charge in [0.15, 0.2) is 0 Å². The normalized spacial score (nSPS) is 17.8. The van der Waals surface area contributed by atoms with Crippen LogP contribution in [-0.4, -0.2) is 77.7 Å². The van der Waals surface area contributed by atoms with Gasteiger partial charge in [-0.25, -0.2) is 9.59 Å². The van der Waals surface area contributed by atoms with E-state index in [0.717, 1.165) is 11.1 Å². The summed E-state index contributed by atoms with van der Waals surface area (Å²) in [6, 6.07) is 19.6. The van der Waals surface area contributed by atoms with Crippen LogP contribution in [0.25, 0.3) is 0 Å². The van der Waals surface area contributed by atoms with Gasteiger partial charge in [-0.05, 0) is 57.6 Å². The lowest BCUT2D eigenvalue weighted by molar-refractivity contribution is -0.141. The van der Waals surface area contributed by atoms with E-state index in [0.29, 0.717) is 51.9 Å². The van der Waals surface area contributed by atoms with E-state index in [1.54, 1.807) is 9.80 Å². The summed E-state index contributed by atoms with van der Waals surface area (Å²) in [5.41, 5.74) is 0.668. The Bertz CT molecular complexity index is 1120. The van der Waals surface area contributed by atoms with Crippen molar-refractivity contribution >= 4 is 18.1 Å². The maximum atomic E-state index is 14.2. The van der Waals surface area contributed by atoms with Crippen LogP contribution in [0.5, 0.6) is 0 Å². The number of carbonyl (C=O) groups is 3. The topological polar surface area (TPSA) is 79.4 Å². The Morgan fingerprint density at radius 2 is 1.38 bits per heavy atom. The van der Waals surface area contributed by atoms with Gasteiger partial charge in [0, 0.05) is 39.3 Å². The van der Waals surface area contributed by atoms with Crippen molar-refractivity contribution < 1.29 is 23.9 Å². The molecule has 39 heavy (non-hydrogen) atoms. The molecule has 0 spiro atoms. The molecule has 2 heterocycles. The summed E-state index contributed by atoms with van der Waals surface area (Å²) in [5.74, 6) is 0.0710. The number of carbonyl (C=O) groups excluding carboxylic acids is 3. The van der Waals surface area contributed by atoms with Gasteiger partial charge in [0.2, 0.25) is 5.91 Å². The lowest BCUT2D eigenvalue weighted by Crippen LogP contribution is -2.56. The van der Waals surface area contributed by atoms with Crippen LogP contribution in [0.3, 0.4) is 0 Å². The van der Waals surface area contributed by atoms with Gasteiger partial charge in [0.1, 0.15) is 12.2 Å². The van der Waals surface area contributed by atoms with E-state index in [1.165, 1.54) is 0 Å². The average Bonchev–Trinajstić information content (AvgIpc) is 2.95. The molecule has 8 heteroatoms. The van der Waals surface area contributed by atoms with Crippen molar-refractivity contribution in [3.05, 3.63) is 71.8 Å². The summed E-state index contributed by atoms with van der Waals surface area (Å²) < 4.78 is 11.1. The molecule has 2 aliphatic rings. The third-order valence-electron chi connectivity index (χ3n) is 7.80. The molecule has 3 amide bonds. The molecule has 2 aliphatic heterocycles. The van der Waals surface area contributed by atoms with E-state index in [9.17, 15) is 14.4 Å². The number of ether oxygens (including phenoxy) is 2.